The summed E-state index contributed by atoms with van der Waals surface area (Å²) in [6.07, 6.45) is -2.57. The Morgan fingerprint density at radius 2 is 2.12 bits per heavy atom. The van der Waals surface area contributed by atoms with Crippen molar-refractivity contribution < 1.29 is 22.4 Å². The first kappa shape index (κ1) is 13.4. The average Bonchev–Trinajstić information content (AvgIpc) is 2.24. The number of hydrogen-bond acceptors (Lipinski definition) is 2. The Morgan fingerprint density at radius 3 is 2.59 bits per heavy atom. The van der Waals surface area contributed by atoms with Crippen molar-refractivity contribution in [1.29, 1.82) is 0 Å². The van der Waals surface area contributed by atoms with Crippen LogP contribution in [0.1, 0.15) is 17.3 Å². The highest BCUT2D eigenvalue weighted by Crippen LogP contribution is 2.18. The Balaban J connectivity index is 2.91. The van der Waals surface area contributed by atoms with Crippen molar-refractivity contribution in [2.45, 2.75) is 13.1 Å². The van der Waals surface area contributed by atoms with Crippen LogP contribution < -0.4 is 0 Å². The summed E-state index contributed by atoms with van der Waals surface area (Å²) in [5.74, 6) is -1.93. The number of alkyl halides is 3. The van der Waals surface area contributed by atoms with Crippen LogP contribution in [0.4, 0.5) is 17.6 Å². The molecular formula is C10H10F4N2O. The maximum Gasteiger partial charge on any atom is 0.406 e. The molecule has 1 rings (SSSR count). The molecule has 94 valence electrons. The smallest absolute Gasteiger partial charge is 0.330 e. The lowest BCUT2D eigenvalue weighted by Crippen LogP contribution is -2.39. The van der Waals surface area contributed by atoms with E-state index in [-0.39, 0.29) is 6.54 Å². The van der Waals surface area contributed by atoms with Gasteiger partial charge in [0.15, 0.2) is 5.82 Å². The number of hydrogen-bond donors (Lipinski definition) is 0. The largest absolute Gasteiger partial charge is 0.406 e. The van der Waals surface area contributed by atoms with Crippen molar-refractivity contribution in [1.82, 2.24) is 9.88 Å². The quantitative estimate of drug-likeness (QED) is 0.771. The van der Waals surface area contributed by atoms with E-state index in [2.05, 4.69) is 4.98 Å². The van der Waals surface area contributed by atoms with Gasteiger partial charge in [-0.05, 0) is 13.0 Å². The number of carbonyl (C=O) groups excluding carboxylic acids is 1. The number of nitrogens with zero attached hydrogens (tertiary/aromatic N) is 2. The molecule has 0 fully saturated rings. The number of amides is 1. The zero-order valence-corrected chi connectivity index (χ0v) is 8.96. The van der Waals surface area contributed by atoms with Gasteiger partial charge >= 0.3 is 6.18 Å². The summed E-state index contributed by atoms with van der Waals surface area (Å²) in [4.78, 5) is 15.6. The Morgan fingerprint density at radius 1 is 1.47 bits per heavy atom. The summed E-state index contributed by atoms with van der Waals surface area (Å²) < 4.78 is 49.7. The van der Waals surface area contributed by atoms with Crippen LogP contribution in [0.3, 0.4) is 0 Å². The predicted molar refractivity (Wildman–Crippen MR) is 51.8 cm³/mol. The normalized spacial score (nSPS) is 11.4. The molecular weight excluding hydrogens is 240 g/mol. The van der Waals surface area contributed by atoms with Gasteiger partial charge in [-0.25, -0.2) is 4.39 Å². The molecule has 1 aromatic heterocycles. The maximum absolute atomic E-state index is 13.2. The fourth-order valence-corrected chi connectivity index (χ4v) is 1.26. The van der Waals surface area contributed by atoms with Crippen LogP contribution in [0.5, 0.6) is 0 Å². The van der Waals surface area contributed by atoms with Crippen LogP contribution >= 0.6 is 0 Å². The highest BCUT2D eigenvalue weighted by atomic mass is 19.4. The number of aromatic nitrogens is 1. The highest BCUT2D eigenvalue weighted by Gasteiger charge is 2.33. The van der Waals surface area contributed by atoms with Gasteiger partial charge in [-0.3, -0.25) is 9.78 Å². The van der Waals surface area contributed by atoms with Gasteiger partial charge in [0.25, 0.3) is 5.91 Å². The Hall–Kier alpha value is -1.66. The maximum atomic E-state index is 13.2. The summed E-state index contributed by atoms with van der Waals surface area (Å²) in [5, 5.41) is 0. The molecule has 0 bridgehead atoms. The van der Waals surface area contributed by atoms with E-state index in [9.17, 15) is 22.4 Å². The first-order chi connectivity index (χ1) is 7.85. The van der Waals surface area contributed by atoms with Crippen LogP contribution in [0.15, 0.2) is 18.5 Å². The molecule has 3 nitrogen and oxygen atoms in total. The Labute approximate surface area is 95.1 Å². The lowest BCUT2D eigenvalue weighted by molar-refractivity contribution is -0.140. The van der Waals surface area contributed by atoms with Crippen molar-refractivity contribution in [2.24, 2.45) is 0 Å². The zero-order chi connectivity index (χ0) is 13.1. The second-order valence-electron chi connectivity index (χ2n) is 3.29. The third-order valence-corrected chi connectivity index (χ3v) is 2.04. The molecule has 17 heavy (non-hydrogen) atoms. The fourth-order valence-electron chi connectivity index (χ4n) is 1.26. The first-order valence-electron chi connectivity index (χ1n) is 4.80. The van der Waals surface area contributed by atoms with Crippen LogP contribution in [0.25, 0.3) is 0 Å². The van der Waals surface area contributed by atoms with Crippen molar-refractivity contribution in [2.75, 3.05) is 13.1 Å². The molecule has 0 aliphatic rings. The molecule has 0 aliphatic carbocycles. The van der Waals surface area contributed by atoms with Gasteiger partial charge in [-0.2, -0.15) is 13.2 Å². The minimum atomic E-state index is -4.50. The summed E-state index contributed by atoms with van der Waals surface area (Å²) >= 11 is 0. The molecule has 0 unspecified atom stereocenters. The number of pyridine rings is 1. The van der Waals surface area contributed by atoms with Crippen LogP contribution in [0, 0.1) is 5.82 Å². The predicted octanol–water partition coefficient (Wildman–Crippen LogP) is 2.25. The summed E-state index contributed by atoms with van der Waals surface area (Å²) in [5.41, 5.74) is -0.411. The molecule has 0 aliphatic heterocycles. The van der Waals surface area contributed by atoms with E-state index in [4.69, 9.17) is 0 Å². The van der Waals surface area contributed by atoms with Crippen molar-refractivity contribution in [3.05, 3.63) is 29.8 Å². The average molecular weight is 250 g/mol. The number of rotatable bonds is 3. The monoisotopic (exact) mass is 250 g/mol. The van der Waals surface area contributed by atoms with E-state index in [0.29, 0.717) is 4.90 Å². The highest BCUT2D eigenvalue weighted by molar-refractivity contribution is 5.94. The van der Waals surface area contributed by atoms with Crippen LogP contribution in [-0.2, 0) is 0 Å². The van der Waals surface area contributed by atoms with E-state index in [1.165, 1.54) is 6.92 Å². The molecule has 0 spiro atoms. The Bertz CT molecular complexity index is 406. The lowest BCUT2D eigenvalue weighted by Gasteiger charge is -2.22. The SMILES string of the molecule is CCN(CC(F)(F)F)C(=O)c1ccncc1F. The summed E-state index contributed by atoms with van der Waals surface area (Å²) in [6, 6.07) is 1.05. The third-order valence-electron chi connectivity index (χ3n) is 2.04. The summed E-state index contributed by atoms with van der Waals surface area (Å²) in [6.45, 7) is -0.160. The zero-order valence-electron chi connectivity index (χ0n) is 8.96. The Kier molecular flexibility index (Phi) is 4.03. The molecule has 0 atom stereocenters. The molecule has 0 aromatic carbocycles. The standard InChI is InChI=1S/C10H10F4N2O/c1-2-16(6-10(12,13)14)9(17)7-3-4-15-5-8(7)11/h3-5H,2,6H2,1H3. The van der Waals surface area contributed by atoms with Crippen molar-refractivity contribution in [3.63, 3.8) is 0 Å². The van der Waals surface area contributed by atoms with Gasteiger partial charge in [0.2, 0.25) is 0 Å². The molecule has 1 amide bonds. The lowest BCUT2D eigenvalue weighted by atomic mass is 10.2. The number of halogens is 4. The van der Waals surface area contributed by atoms with Gasteiger partial charge in [0.05, 0.1) is 11.8 Å². The van der Waals surface area contributed by atoms with Gasteiger partial charge < -0.3 is 4.90 Å². The van der Waals surface area contributed by atoms with Gasteiger partial charge in [-0.1, -0.05) is 0 Å². The topological polar surface area (TPSA) is 33.2 Å². The van der Waals surface area contributed by atoms with E-state index < -0.39 is 30.0 Å². The van der Waals surface area contributed by atoms with E-state index in [0.717, 1.165) is 18.5 Å². The minimum absolute atomic E-state index is 0.153. The molecule has 7 heteroatoms. The van der Waals surface area contributed by atoms with E-state index in [1.807, 2.05) is 0 Å². The van der Waals surface area contributed by atoms with Gasteiger partial charge in [0, 0.05) is 12.7 Å². The molecule has 0 radical (unpaired) electrons. The molecule has 1 aromatic rings. The van der Waals surface area contributed by atoms with Crippen LogP contribution in [0.2, 0.25) is 0 Å². The van der Waals surface area contributed by atoms with Crippen LogP contribution in [-0.4, -0.2) is 35.1 Å². The second kappa shape index (κ2) is 5.11. The minimum Gasteiger partial charge on any atom is -0.330 e. The van der Waals surface area contributed by atoms with E-state index in [1.54, 1.807) is 0 Å². The van der Waals surface area contributed by atoms with Gasteiger partial charge in [0.1, 0.15) is 6.54 Å². The van der Waals surface area contributed by atoms with Crippen molar-refractivity contribution in [3.8, 4) is 0 Å². The molecule has 0 N–H and O–H groups in total. The van der Waals surface area contributed by atoms with Crippen molar-refractivity contribution >= 4 is 5.91 Å². The van der Waals surface area contributed by atoms with E-state index >= 15 is 0 Å². The fraction of sp³-hybridized carbons (Fsp3) is 0.400. The first-order valence-corrected chi connectivity index (χ1v) is 4.80. The summed E-state index contributed by atoms with van der Waals surface area (Å²) in [7, 11) is 0. The second-order valence-corrected chi connectivity index (χ2v) is 3.29. The molecule has 0 saturated carbocycles. The number of carbonyl (C=O) groups is 1. The molecule has 0 saturated heterocycles. The van der Waals surface area contributed by atoms with Gasteiger partial charge in [-0.15, -0.1) is 0 Å². The third kappa shape index (κ3) is 3.69. The molecule has 1 heterocycles.